The van der Waals surface area contributed by atoms with Crippen LogP contribution in [0.25, 0.3) is 0 Å². The van der Waals surface area contributed by atoms with Gasteiger partial charge in [0.25, 0.3) is 0 Å². The number of ether oxygens (including phenoxy) is 1. The van der Waals surface area contributed by atoms with Crippen LogP contribution < -0.4 is 0 Å². The first-order valence-corrected chi connectivity index (χ1v) is 6.67. The van der Waals surface area contributed by atoms with Gasteiger partial charge in [-0.25, -0.2) is 9.78 Å². The van der Waals surface area contributed by atoms with Crippen LogP contribution in [0.5, 0.6) is 0 Å². The molecule has 100 valence electrons. The molecule has 2 aliphatic rings. The maximum atomic E-state index is 11.2. The van der Waals surface area contributed by atoms with Gasteiger partial charge in [0.2, 0.25) is 0 Å². The number of aromatic nitrogens is 1. The van der Waals surface area contributed by atoms with Crippen LogP contribution in [0.4, 0.5) is 4.79 Å². The zero-order chi connectivity index (χ0) is 13.4. The average Bonchev–Trinajstić information content (AvgIpc) is 3.15. The second-order valence-electron chi connectivity index (χ2n) is 4.84. The molecule has 1 amide bonds. The van der Waals surface area contributed by atoms with Crippen LogP contribution in [-0.4, -0.2) is 34.0 Å². The average molecular weight is 280 g/mol. The number of cyclic esters (lactones) is 1. The predicted molar refractivity (Wildman–Crippen MR) is 71.2 cm³/mol. The van der Waals surface area contributed by atoms with Crippen molar-refractivity contribution in [2.24, 2.45) is 4.99 Å². The first kappa shape index (κ1) is 12.4. The monoisotopic (exact) mass is 279 g/mol. The Hall–Kier alpha value is -1.62. The van der Waals surface area contributed by atoms with Crippen molar-refractivity contribution < 1.29 is 9.53 Å². The summed E-state index contributed by atoms with van der Waals surface area (Å²) in [4.78, 5) is 21.4. The molecule has 0 bridgehead atoms. The van der Waals surface area contributed by atoms with Gasteiger partial charge in [0.1, 0.15) is 5.15 Å². The first-order chi connectivity index (χ1) is 9.13. The Kier molecular flexibility index (Phi) is 3.14. The second kappa shape index (κ2) is 4.81. The fraction of sp³-hybridized carbons (Fsp3) is 0.462. The van der Waals surface area contributed by atoms with E-state index in [4.69, 9.17) is 16.3 Å². The van der Waals surface area contributed by atoms with Gasteiger partial charge in [-0.1, -0.05) is 17.7 Å². The topological polar surface area (TPSA) is 54.8 Å². The SMILES string of the molecule is CC1OC(=O)N=C1N(Cc1ccc(Cl)nc1)C1CC1. The standard InChI is InChI=1S/C13H14ClN3O2/c1-8-12(16-13(18)19-8)17(10-3-4-10)7-9-2-5-11(14)15-6-9/h2,5-6,8,10H,3-4,7H2,1H3. The molecule has 0 saturated heterocycles. The summed E-state index contributed by atoms with van der Waals surface area (Å²) in [5.41, 5.74) is 1.05. The van der Waals surface area contributed by atoms with Gasteiger partial charge in [-0.05, 0) is 31.4 Å². The second-order valence-corrected chi connectivity index (χ2v) is 5.23. The van der Waals surface area contributed by atoms with Crippen LogP contribution in [0.15, 0.2) is 23.3 Å². The summed E-state index contributed by atoms with van der Waals surface area (Å²) in [6.45, 7) is 2.52. The Morgan fingerprint density at radius 2 is 2.26 bits per heavy atom. The highest BCUT2D eigenvalue weighted by molar-refractivity contribution is 6.29. The molecule has 5 nitrogen and oxygen atoms in total. The quantitative estimate of drug-likeness (QED) is 0.798. The molecule has 0 spiro atoms. The molecule has 0 N–H and O–H groups in total. The van der Waals surface area contributed by atoms with Crippen LogP contribution in [0.1, 0.15) is 25.3 Å². The molecule has 1 saturated carbocycles. The van der Waals surface area contributed by atoms with E-state index in [2.05, 4.69) is 14.9 Å². The Morgan fingerprint density at radius 3 is 2.79 bits per heavy atom. The number of nitrogens with zero attached hydrogens (tertiary/aromatic N) is 3. The number of carbonyl (C=O) groups is 1. The number of aliphatic imine (C=N–C) groups is 1. The minimum absolute atomic E-state index is 0.270. The molecule has 1 aromatic rings. The molecule has 1 aliphatic carbocycles. The van der Waals surface area contributed by atoms with E-state index in [1.54, 1.807) is 12.3 Å². The molecular formula is C13H14ClN3O2. The fourth-order valence-electron chi connectivity index (χ4n) is 2.19. The zero-order valence-electron chi connectivity index (χ0n) is 10.5. The summed E-state index contributed by atoms with van der Waals surface area (Å²) in [7, 11) is 0. The van der Waals surface area contributed by atoms with E-state index in [-0.39, 0.29) is 6.10 Å². The number of carbonyl (C=O) groups excluding carboxylic acids is 1. The van der Waals surface area contributed by atoms with Crippen molar-refractivity contribution in [3.63, 3.8) is 0 Å². The molecule has 19 heavy (non-hydrogen) atoms. The Labute approximate surface area is 116 Å². The zero-order valence-corrected chi connectivity index (χ0v) is 11.3. The predicted octanol–water partition coefficient (Wildman–Crippen LogP) is 2.64. The number of amides is 1. The maximum absolute atomic E-state index is 11.2. The van der Waals surface area contributed by atoms with Gasteiger partial charge in [0.15, 0.2) is 11.9 Å². The largest absolute Gasteiger partial charge is 0.437 e. The number of hydrogen-bond donors (Lipinski definition) is 0. The molecule has 1 aromatic heterocycles. The lowest BCUT2D eigenvalue weighted by Gasteiger charge is -2.25. The Bertz CT molecular complexity index is 525. The molecule has 1 unspecified atom stereocenters. The summed E-state index contributed by atoms with van der Waals surface area (Å²) in [5.74, 6) is 0.724. The number of pyridine rings is 1. The lowest BCUT2D eigenvalue weighted by molar-refractivity contribution is 0.151. The molecule has 1 fully saturated rings. The van der Waals surface area contributed by atoms with Gasteiger partial charge in [0, 0.05) is 18.8 Å². The Balaban J connectivity index is 1.80. The molecule has 1 aliphatic heterocycles. The van der Waals surface area contributed by atoms with E-state index in [0.29, 0.717) is 17.7 Å². The van der Waals surface area contributed by atoms with E-state index < -0.39 is 6.09 Å². The molecule has 0 aromatic carbocycles. The van der Waals surface area contributed by atoms with E-state index in [9.17, 15) is 4.79 Å². The molecule has 1 atom stereocenters. The van der Waals surface area contributed by atoms with Crippen molar-refractivity contribution in [3.05, 3.63) is 29.0 Å². The lowest BCUT2D eigenvalue weighted by atomic mass is 10.2. The maximum Gasteiger partial charge on any atom is 0.436 e. The van der Waals surface area contributed by atoms with Crippen LogP contribution in [0.2, 0.25) is 5.15 Å². The first-order valence-electron chi connectivity index (χ1n) is 6.30. The molecule has 0 radical (unpaired) electrons. The summed E-state index contributed by atoms with van der Waals surface area (Å²) >= 11 is 5.78. The third-order valence-corrected chi connectivity index (χ3v) is 3.49. The summed E-state index contributed by atoms with van der Waals surface area (Å²) in [5, 5.41) is 0.479. The van der Waals surface area contributed by atoms with Gasteiger partial charge in [-0.2, -0.15) is 4.99 Å². The van der Waals surface area contributed by atoms with Gasteiger partial charge < -0.3 is 9.64 Å². The fourth-order valence-corrected chi connectivity index (χ4v) is 2.30. The summed E-state index contributed by atoms with van der Waals surface area (Å²) in [6.07, 6.45) is 3.23. The molecular weight excluding hydrogens is 266 g/mol. The summed E-state index contributed by atoms with van der Waals surface area (Å²) < 4.78 is 5.07. The van der Waals surface area contributed by atoms with Crippen LogP contribution in [0.3, 0.4) is 0 Å². The number of rotatable bonds is 3. The van der Waals surface area contributed by atoms with E-state index in [0.717, 1.165) is 24.2 Å². The third kappa shape index (κ3) is 2.71. The Morgan fingerprint density at radius 1 is 1.47 bits per heavy atom. The van der Waals surface area contributed by atoms with Crippen molar-refractivity contribution in [1.82, 2.24) is 9.88 Å². The molecule has 3 rings (SSSR count). The van der Waals surface area contributed by atoms with E-state index in [1.165, 1.54) is 0 Å². The molecule has 6 heteroatoms. The number of hydrogen-bond acceptors (Lipinski definition) is 4. The van der Waals surface area contributed by atoms with Gasteiger partial charge >= 0.3 is 6.09 Å². The molecule has 2 heterocycles. The van der Waals surface area contributed by atoms with Crippen molar-refractivity contribution in [1.29, 1.82) is 0 Å². The van der Waals surface area contributed by atoms with Crippen molar-refractivity contribution in [2.75, 3.05) is 0 Å². The minimum Gasteiger partial charge on any atom is -0.437 e. The van der Waals surface area contributed by atoms with Crippen LogP contribution in [0, 0.1) is 0 Å². The van der Waals surface area contributed by atoms with Crippen molar-refractivity contribution in [3.8, 4) is 0 Å². The van der Waals surface area contributed by atoms with Gasteiger partial charge in [0.05, 0.1) is 0 Å². The number of amidine groups is 1. The lowest BCUT2D eigenvalue weighted by Crippen LogP contribution is -2.37. The van der Waals surface area contributed by atoms with Crippen LogP contribution >= 0.6 is 11.6 Å². The summed E-state index contributed by atoms with van der Waals surface area (Å²) in [6, 6.07) is 4.16. The van der Waals surface area contributed by atoms with Gasteiger partial charge in [-0.3, -0.25) is 0 Å². The van der Waals surface area contributed by atoms with E-state index >= 15 is 0 Å². The smallest absolute Gasteiger partial charge is 0.436 e. The van der Waals surface area contributed by atoms with E-state index in [1.807, 2.05) is 13.0 Å². The minimum atomic E-state index is -0.498. The highest BCUT2D eigenvalue weighted by Gasteiger charge is 2.37. The normalized spacial score (nSPS) is 22.1. The van der Waals surface area contributed by atoms with Crippen molar-refractivity contribution >= 4 is 23.5 Å². The third-order valence-electron chi connectivity index (χ3n) is 3.27. The van der Waals surface area contributed by atoms with Gasteiger partial charge in [-0.15, -0.1) is 0 Å². The number of halogens is 1. The highest BCUT2D eigenvalue weighted by atomic mass is 35.5. The highest BCUT2D eigenvalue weighted by Crippen LogP contribution is 2.31. The van der Waals surface area contributed by atoms with Crippen molar-refractivity contribution in [2.45, 2.75) is 38.5 Å². The van der Waals surface area contributed by atoms with Crippen LogP contribution in [-0.2, 0) is 11.3 Å².